The van der Waals surface area contributed by atoms with E-state index >= 15 is 0 Å². The summed E-state index contributed by atoms with van der Waals surface area (Å²) in [4.78, 5) is 11.1. The van der Waals surface area contributed by atoms with Gasteiger partial charge < -0.3 is 9.47 Å². The topological polar surface area (TPSA) is 35.5 Å². The van der Waals surface area contributed by atoms with Gasteiger partial charge in [0.25, 0.3) is 0 Å². The summed E-state index contributed by atoms with van der Waals surface area (Å²) in [5.41, 5.74) is 2.04. The highest BCUT2D eigenvalue weighted by atomic mass is 16.5. The molecule has 0 fully saturated rings. The molecule has 1 atom stereocenters. The Balaban J connectivity index is 2.09. The second-order valence-corrected chi connectivity index (χ2v) is 4.78. The zero-order valence-corrected chi connectivity index (χ0v) is 12.9. The lowest BCUT2D eigenvalue weighted by atomic mass is 10.1. The molecule has 0 radical (unpaired) electrons. The van der Waals surface area contributed by atoms with Gasteiger partial charge in [0.05, 0.1) is 19.4 Å². The summed E-state index contributed by atoms with van der Waals surface area (Å²) in [6.45, 7) is 0. The molecule has 116 valence electrons. The van der Waals surface area contributed by atoms with Crippen molar-refractivity contribution in [1.82, 2.24) is 0 Å². The zero-order chi connectivity index (χ0) is 16.3. The molecule has 2 aromatic rings. The molecule has 2 aromatic carbocycles. The fourth-order valence-corrected chi connectivity index (χ4v) is 1.90. The molecule has 0 saturated heterocycles. The maximum atomic E-state index is 11.1. The molecule has 3 nitrogen and oxygen atoms in total. The predicted octanol–water partition coefficient (Wildman–Crippen LogP) is 3.35. The molecule has 0 bridgehead atoms. The van der Waals surface area contributed by atoms with Gasteiger partial charge in [-0.25, -0.2) is 4.79 Å². The number of ether oxygens (including phenoxy) is 2. The van der Waals surface area contributed by atoms with Crippen LogP contribution in [0.5, 0.6) is 0 Å². The molecule has 23 heavy (non-hydrogen) atoms. The molecule has 0 aliphatic carbocycles. The van der Waals surface area contributed by atoms with E-state index < -0.39 is 5.97 Å². The highest BCUT2D eigenvalue weighted by molar-refractivity contribution is 5.81. The molecule has 3 heteroatoms. The van der Waals surface area contributed by atoms with Crippen molar-refractivity contribution >= 4 is 5.97 Å². The van der Waals surface area contributed by atoms with Crippen LogP contribution in [0.25, 0.3) is 0 Å². The Kier molecular flexibility index (Phi) is 6.49. The highest BCUT2D eigenvalue weighted by Gasteiger charge is 2.06. The van der Waals surface area contributed by atoms with Crippen LogP contribution in [0.1, 0.15) is 11.1 Å². The number of hydrogen-bond donors (Lipinski definition) is 0. The van der Waals surface area contributed by atoms with Crippen molar-refractivity contribution in [2.45, 2.75) is 12.5 Å². The summed E-state index contributed by atoms with van der Waals surface area (Å²) in [5, 5.41) is 0. The van der Waals surface area contributed by atoms with E-state index in [9.17, 15) is 4.79 Å². The number of benzene rings is 2. The number of esters is 1. The van der Waals surface area contributed by atoms with Crippen molar-refractivity contribution in [1.29, 1.82) is 0 Å². The quantitative estimate of drug-likeness (QED) is 0.368. The Bertz CT molecular complexity index is 694. The summed E-state index contributed by atoms with van der Waals surface area (Å²) in [5.74, 6) is 5.73. The van der Waals surface area contributed by atoms with Crippen LogP contribution < -0.4 is 0 Å². The molecule has 0 N–H and O–H groups in total. The van der Waals surface area contributed by atoms with Gasteiger partial charge >= 0.3 is 5.97 Å². The Labute approximate surface area is 136 Å². The largest absolute Gasteiger partial charge is 0.485 e. The Morgan fingerprint density at radius 3 is 2.39 bits per heavy atom. The van der Waals surface area contributed by atoms with E-state index in [1.807, 2.05) is 60.7 Å². The van der Waals surface area contributed by atoms with Gasteiger partial charge in [-0.1, -0.05) is 60.4 Å². The number of carbonyl (C=O) groups is 1. The highest BCUT2D eigenvalue weighted by Crippen LogP contribution is 2.07. The predicted molar refractivity (Wildman–Crippen MR) is 89.5 cm³/mol. The van der Waals surface area contributed by atoms with Gasteiger partial charge in [-0.15, -0.1) is 0 Å². The van der Waals surface area contributed by atoms with Crippen molar-refractivity contribution in [2.75, 3.05) is 7.11 Å². The van der Waals surface area contributed by atoms with Crippen molar-refractivity contribution in [3.05, 3.63) is 84.1 Å². The minimum atomic E-state index is -0.459. The normalized spacial score (nSPS) is 11.3. The molecule has 0 aromatic heterocycles. The summed E-state index contributed by atoms with van der Waals surface area (Å²) in [6.07, 6.45) is 2.85. The second-order valence-electron chi connectivity index (χ2n) is 4.78. The SMILES string of the molecule is COC(=O)/C=C/OC(C#Cc1ccccc1)Cc1ccccc1. The van der Waals surface area contributed by atoms with Crippen LogP contribution in [0.15, 0.2) is 73.0 Å². The molecular weight excluding hydrogens is 288 g/mol. The summed E-state index contributed by atoms with van der Waals surface area (Å²) < 4.78 is 10.1. The maximum absolute atomic E-state index is 11.1. The lowest BCUT2D eigenvalue weighted by molar-refractivity contribution is -0.135. The number of carbonyl (C=O) groups excluding carboxylic acids is 1. The Morgan fingerprint density at radius 1 is 1.09 bits per heavy atom. The third-order valence-electron chi connectivity index (χ3n) is 3.06. The summed E-state index contributed by atoms with van der Waals surface area (Å²) >= 11 is 0. The standard InChI is InChI=1S/C20H18O3/c1-22-20(21)14-15-23-19(16-18-10-6-3-7-11-18)13-12-17-8-4-2-5-9-17/h2-11,14-15,19H,16H2,1H3/b15-14+. The average molecular weight is 306 g/mol. The smallest absolute Gasteiger partial charge is 0.333 e. The molecular formula is C20H18O3. The second kappa shape index (κ2) is 9.11. The third-order valence-corrected chi connectivity index (χ3v) is 3.06. The van der Waals surface area contributed by atoms with Gasteiger partial charge in [-0.2, -0.15) is 0 Å². The van der Waals surface area contributed by atoms with Gasteiger partial charge in [0.2, 0.25) is 0 Å². The van der Waals surface area contributed by atoms with E-state index in [1.165, 1.54) is 19.4 Å². The van der Waals surface area contributed by atoms with Crippen molar-refractivity contribution < 1.29 is 14.3 Å². The lowest BCUT2D eigenvalue weighted by Crippen LogP contribution is -2.11. The van der Waals surface area contributed by atoms with E-state index in [0.717, 1.165) is 11.1 Å². The number of rotatable bonds is 5. The first-order valence-corrected chi connectivity index (χ1v) is 7.28. The van der Waals surface area contributed by atoms with E-state index in [-0.39, 0.29) is 6.10 Å². The average Bonchev–Trinajstić information content (AvgIpc) is 2.61. The van der Waals surface area contributed by atoms with Gasteiger partial charge in [-0.3, -0.25) is 0 Å². The first-order valence-electron chi connectivity index (χ1n) is 7.28. The maximum Gasteiger partial charge on any atom is 0.333 e. The molecule has 2 rings (SSSR count). The Morgan fingerprint density at radius 2 is 1.74 bits per heavy atom. The van der Waals surface area contributed by atoms with Crippen LogP contribution in [0, 0.1) is 11.8 Å². The first kappa shape index (κ1) is 16.4. The number of methoxy groups -OCH3 is 1. The van der Waals surface area contributed by atoms with E-state index in [1.54, 1.807) is 0 Å². The van der Waals surface area contributed by atoms with E-state index in [4.69, 9.17) is 4.74 Å². The van der Waals surface area contributed by atoms with Crippen molar-refractivity contribution in [3.8, 4) is 11.8 Å². The lowest BCUT2D eigenvalue weighted by Gasteiger charge is -2.10. The molecule has 0 aliphatic heterocycles. The van der Waals surface area contributed by atoms with Crippen LogP contribution in [-0.2, 0) is 20.7 Å². The van der Waals surface area contributed by atoms with Crippen LogP contribution in [-0.4, -0.2) is 19.2 Å². The molecule has 0 amide bonds. The minimum Gasteiger partial charge on any atom is -0.485 e. The monoisotopic (exact) mass is 306 g/mol. The molecule has 1 unspecified atom stereocenters. The summed E-state index contributed by atoms with van der Waals surface area (Å²) in [6, 6.07) is 19.7. The minimum absolute atomic E-state index is 0.349. The molecule has 0 spiro atoms. The molecule has 0 heterocycles. The van der Waals surface area contributed by atoms with Crippen molar-refractivity contribution in [2.24, 2.45) is 0 Å². The van der Waals surface area contributed by atoms with Crippen molar-refractivity contribution in [3.63, 3.8) is 0 Å². The first-order chi connectivity index (χ1) is 11.3. The van der Waals surface area contributed by atoms with Gasteiger partial charge in [0.1, 0.15) is 0 Å². The molecule has 0 saturated carbocycles. The van der Waals surface area contributed by atoms with Crippen LogP contribution >= 0.6 is 0 Å². The molecule has 0 aliphatic rings. The zero-order valence-electron chi connectivity index (χ0n) is 12.9. The van der Waals surface area contributed by atoms with Crippen LogP contribution in [0.4, 0.5) is 0 Å². The summed E-state index contributed by atoms with van der Waals surface area (Å²) in [7, 11) is 1.32. The Hall–Kier alpha value is -2.99. The van der Waals surface area contributed by atoms with Crippen LogP contribution in [0.2, 0.25) is 0 Å². The van der Waals surface area contributed by atoms with E-state index in [0.29, 0.717) is 6.42 Å². The number of hydrogen-bond acceptors (Lipinski definition) is 3. The van der Waals surface area contributed by atoms with E-state index in [2.05, 4.69) is 16.6 Å². The fraction of sp³-hybridized carbons (Fsp3) is 0.150. The van der Waals surface area contributed by atoms with Gasteiger partial charge in [0.15, 0.2) is 6.10 Å². The third kappa shape index (κ3) is 6.11. The van der Waals surface area contributed by atoms with Gasteiger partial charge in [-0.05, 0) is 17.7 Å². The fourth-order valence-electron chi connectivity index (χ4n) is 1.90. The van der Waals surface area contributed by atoms with Gasteiger partial charge in [0, 0.05) is 12.0 Å². The van der Waals surface area contributed by atoms with Crippen LogP contribution in [0.3, 0.4) is 0 Å².